The maximum Gasteiger partial charge on any atom is 0.263 e. The predicted octanol–water partition coefficient (Wildman–Crippen LogP) is 3.28. The van der Waals surface area contributed by atoms with Gasteiger partial charge in [0.05, 0.1) is 19.8 Å². The normalized spacial score (nSPS) is 9.89. The Morgan fingerprint density at radius 1 is 0.963 bits per heavy atom. The van der Waals surface area contributed by atoms with Crippen LogP contribution in [0.2, 0.25) is 0 Å². The van der Waals surface area contributed by atoms with Crippen LogP contribution in [0.25, 0.3) is 0 Å². The highest BCUT2D eigenvalue weighted by molar-refractivity contribution is 6.08. The lowest BCUT2D eigenvalue weighted by Gasteiger charge is -2.15. The smallest absolute Gasteiger partial charge is 0.263 e. The molecule has 2 aromatic carbocycles. The first-order valence-electron chi connectivity index (χ1n) is 7.84. The third kappa shape index (κ3) is 4.72. The first-order valence-corrected chi connectivity index (χ1v) is 7.84. The molecule has 2 aromatic rings. The lowest BCUT2D eigenvalue weighted by molar-refractivity contribution is -0.112. The van der Waals surface area contributed by atoms with Gasteiger partial charge in [0.25, 0.3) is 11.8 Å². The molecule has 0 unspecified atom stereocenters. The molecule has 0 aliphatic carbocycles. The summed E-state index contributed by atoms with van der Waals surface area (Å²) in [6.07, 6.45) is 0. The lowest BCUT2D eigenvalue weighted by Crippen LogP contribution is -2.27. The zero-order valence-corrected chi connectivity index (χ0v) is 15.0. The molecule has 0 aliphatic rings. The number of hydrogen-bond donors (Lipinski definition) is 2. The highest BCUT2D eigenvalue weighted by Gasteiger charge is 2.20. The minimum absolute atomic E-state index is 0.00701. The van der Waals surface area contributed by atoms with Crippen LogP contribution in [-0.2, 0) is 4.79 Å². The van der Waals surface area contributed by atoms with E-state index in [0.29, 0.717) is 17.2 Å². The number of ether oxygens (including phenoxy) is 2. The van der Waals surface area contributed by atoms with Gasteiger partial charge in [0.1, 0.15) is 22.9 Å². The Morgan fingerprint density at radius 2 is 1.52 bits per heavy atom. The number of anilines is 1. The fourth-order valence-electron chi connectivity index (χ4n) is 2.23. The van der Waals surface area contributed by atoms with Crippen LogP contribution in [0.1, 0.15) is 10.4 Å². The Labute approximate surface area is 156 Å². The van der Waals surface area contributed by atoms with E-state index in [0.717, 1.165) is 0 Å². The minimum Gasteiger partial charge on any atom is -0.496 e. The van der Waals surface area contributed by atoms with Crippen LogP contribution in [0, 0.1) is 5.82 Å². The molecule has 2 rings (SSSR count). The quantitative estimate of drug-likeness (QED) is 0.579. The van der Waals surface area contributed by atoms with Crippen molar-refractivity contribution in [3.63, 3.8) is 0 Å². The first-order chi connectivity index (χ1) is 12.9. The van der Waals surface area contributed by atoms with Crippen LogP contribution in [0.3, 0.4) is 0 Å². The molecule has 2 amide bonds. The fraction of sp³-hybridized carbons (Fsp3) is 0.100. The van der Waals surface area contributed by atoms with Gasteiger partial charge in [0.15, 0.2) is 0 Å². The molecule has 0 aromatic heterocycles. The molecule has 0 spiro atoms. The number of carbonyl (C=O) groups is 2. The summed E-state index contributed by atoms with van der Waals surface area (Å²) in [5.74, 6) is -0.958. The van der Waals surface area contributed by atoms with Crippen molar-refractivity contribution in [1.82, 2.24) is 5.32 Å². The van der Waals surface area contributed by atoms with E-state index in [1.54, 1.807) is 18.2 Å². The predicted molar refractivity (Wildman–Crippen MR) is 100 cm³/mol. The zero-order valence-electron chi connectivity index (χ0n) is 15.0. The highest BCUT2D eigenvalue weighted by Crippen LogP contribution is 2.28. The Morgan fingerprint density at radius 3 is 2.04 bits per heavy atom. The fourth-order valence-corrected chi connectivity index (χ4v) is 2.23. The number of carbonyl (C=O) groups excluding carboxylic acids is 2. The summed E-state index contributed by atoms with van der Waals surface area (Å²) in [5, 5.41) is 5.05. The van der Waals surface area contributed by atoms with Crippen molar-refractivity contribution in [3.05, 3.63) is 78.3 Å². The van der Waals surface area contributed by atoms with Gasteiger partial charge < -0.3 is 20.1 Å². The van der Waals surface area contributed by atoms with E-state index in [9.17, 15) is 14.0 Å². The molecule has 0 saturated carbocycles. The van der Waals surface area contributed by atoms with Crippen molar-refractivity contribution in [3.8, 4) is 11.5 Å². The number of hydrogen-bond acceptors (Lipinski definition) is 4. The topological polar surface area (TPSA) is 76.7 Å². The molecule has 7 heteroatoms. The number of methoxy groups -OCH3 is 2. The number of nitrogens with one attached hydrogen (secondary N) is 2. The molecule has 0 aliphatic heterocycles. The lowest BCUT2D eigenvalue weighted by atomic mass is 10.1. The van der Waals surface area contributed by atoms with Crippen molar-refractivity contribution >= 4 is 17.5 Å². The Hall–Kier alpha value is -3.61. The van der Waals surface area contributed by atoms with E-state index in [1.807, 2.05) is 0 Å². The maximum atomic E-state index is 12.9. The highest BCUT2D eigenvalue weighted by atomic mass is 19.1. The molecular formula is C20H19FN2O4. The number of rotatable bonds is 7. The zero-order chi connectivity index (χ0) is 20.0. The second kappa shape index (κ2) is 8.66. The minimum atomic E-state index is -0.584. The van der Waals surface area contributed by atoms with Crippen LogP contribution >= 0.6 is 0 Å². The summed E-state index contributed by atoms with van der Waals surface area (Å²) >= 11 is 0. The van der Waals surface area contributed by atoms with E-state index in [1.165, 1.54) is 38.5 Å². The summed E-state index contributed by atoms with van der Waals surface area (Å²) in [5.41, 5.74) is 0.498. The second-order valence-electron chi connectivity index (χ2n) is 5.41. The summed E-state index contributed by atoms with van der Waals surface area (Å²) in [6, 6.07) is 10.1. The van der Waals surface area contributed by atoms with Crippen molar-refractivity contribution in [1.29, 1.82) is 0 Å². The number of amides is 2. The van der Waals surface area contributed by atoms with Crippen molar-refractivity contribution in [2.24, 2.45) is 0 Å². The van der Waals surface area contributed by atoms with E-state index < -0.39 is 17.6 Å². The van der Waals surface area contributed by atoms with Crippen LogP contribution in [-0.4, -0.2) is 26.0 Å². The first kappa shape index (κ1) is 19.7. The average molecular weight is 370 g/mol. The molecule has 0 saturated heterocycles. The van der Waals surface area contributed by atoms with Crippen molar-refractivity contribution in [2.75, 3.05) is 19.5 Å². The van der Waals surface area contributed by atoms with E-state index in [-0.39, 0.29) is 16.8 Å². The molecular weight excluding hydrogens is 351 g/mol. The van der Waals surface area contributed by atoms with Gasteiger partial charge in [-0.05, 0) is 36.4 Å². The van der Waals surface area contributed by atoms with Gasteiger partial charge in [0, 0.05) is 11.4 Å². The molecule has 140 valence electrons. The monoisotopic (exact) mass is 370 g/mol. The van der Waals surface area contributed by atoms with E-state index >= 15 is 0 Å². The second-order valence-corrected chi connectivity index (χ2v) is 5.41. The van der Waals surface area contributed by atoms with Crippen LogP contribution in [0.15, 0.2) is 66.9 Å². The summed E-state index contributed by atoms with van der Waals surface area (Å²) in [4.78, 5) is 24.8. The average Bonchev–Trinajstić information content (AvgIpc) is 2.68. The third-order valence-corrected chi connectivity index (χ3v) is 3.66. The van der Waals surface area contributed by atoms with Gasteiger partial charge in [-0.15, -0.1) is 0 Å². The van der Waals surface area contributed by atoms with Crippen LogP contribution in [0.5, 0.6) is 11.5 Å². The summed E-state index contributed by atoms with van der Waals surface area (Å²) < 4.78 is 23.3. The van der Waals surface area contributed by atoms with Crippen LogP contribution < -0.4 is 20.1 Å². The number of halogens is 1. The SMILES string of the molecule is C=C(NC(=O)c1c(OC)cccc1OC)C(=C)C(=O)Nc1ccc(F)cc1. The number of benzene rings is 2. The van der Waals surface area contributed by atoms with E-state index in [2.05, 4.69) is 23.8 Å². The van der Waals surface area contributed by atoms with E-state index in [4.69, 9.17) is 9.47 Å². The van der Waals surface area contributed by atoms with Gasteiger partial charge >= 0.3 is 0 Å². The van der Waals surface area contributed by atoms with Crippen LogP contribution in [0.4, 0.5) is 10.1 Å². The Balaban J connectivity index is 2.10. The Bertz CT molecular complexity index is 869. The molecule has 2 N–H and O–H groups in total. The molecule has 0 atom stereocenters. The van der Waals surface area contributed by atoms with Gasteiger partial charge in [-0.3, -0.25) is 9.59 Å². The summed E-state index contributed by atoms with van der Waals surface area (Å²) in [7, 11) is 2.85. The largest absolute Gasteiger partial charge is 0.496 e. The van der Waals surface area contributed by atoms with Gasteiger partial charge in [-0.1, -0.05) is 19.2 Å². The molecule has 0 radical (unpaired) electrons. The van der Waals surface area contributed by atoms with Crippen molar-refractivity contribution < 1.29 is 23.5 Å². The molecule has 0 heterocycles. The maximum absolute atomic E-state index is 12.9. The van der Waals surface area contributed by atoms with Gasteiger partial charge in [-0.2, -0.15) is 0 Å². The standard InChI is InChI=1S/C20H19FN2O4/c1-12(19(24)23-15-10-8-14(21)9-11-15)13(2)22-20(25)18-16(26-3)6-5-7-17(18)27-4/h5-11H,1-2H2,3-4H3,(H,22,25)(H,23,24). The molecule has 6 nitrogen and oxygen atoms in total. The summed E-state index contributed by atoms with van der Waals surface area (Å²) in [6.45, 7) is 7.31. The molecule has 0 bridgehead atoms. The van der Waals surface area contributed by atoms with Gasteiger partial charge in [-0.25, -0.2) is 4.39 Å². The molecule has 0 fully saturated rings. The third-order valence-electron chi connectivity index (χ3n) is 3.66. The van der Waals surface area contributed by atoms with Gasteiger partial charge in [0.2, 0.25) is 0 Å². The molecule has 27 heavy (non-hydrogen) atoms. The Kier molecular flexibility index (Phi) is 6.32. The van der Waals surface area contributed by atoms with Crippen molar-refractivity contribution in [2.45, 2.75) is 0 Å².